The van der Waals surface area contributed by atoms with E-state index in [0.29, 0.717) is 13.2 Å². The number of rotatable bonds is 11. The maximum atomic E-state index is 5.14. The van der Waals surface area contributed by atoms with Crippen LogP contribution in [0.3, 0.4) is 0 Å². The smallest absolute Gasteiger partial charge is 0.185 e. The molecule has 1 aromatic heterocycles. The molecule has 110 valence electrons. The van der Waals surface area contributed by atoms with Crippen LogP contribution in [-0.2, 0) is 16.0 Å². The molecule has 0 aliphatic carbocycles. The number of thiazole rings is 1. The minimum absolute atomic E-state index is 0.701. The number of nitrogens with zero attached hydrogens (tertiary/aromatic N) is 2. The highest BCUT2D eigenvalue weighted by Crippen LogP contribution is 2.20. The Morgan fingerprint density at radius 1 is 1.26 bits per heavy atom. The molecule has 5 nitrogen and oxygen atoms in total. The summed E-state index contributed by atoms with van der Waals surface area (Å²) in [5.74, 6) is 0. The fraction of sp³-hybridized carbons (Fsp3) is 0.769. The normalized spacial score (nSPS) is 10.9. The number of anilines is 1. The number of methoxy groups -OCH3 is 2. The number of ether oxygens (including phenoxy) is 2. The van der Waals surface area contributed by atoms with Gasteiger partial charge in [-0.1, -0.05) is 6.92 Å². The van der Waals surface area contributed by atoms with Gasteiger partial charge in [-0.2, -0.15) is 0 Å². The molecule has 6 heteroatoms. The SMILES string of the molecule is CCCNCc1csc(N(CCOC)CCOC)n1. The minimum Gasteiger partial charge on any atom is -0.383 e. The zero-order valence-corrected chi connectivity index (χ0v) is 13.0. The molecule has 0 aliphatic rings. The molecule has 0 unspecified atom stereocenters. The quantitative estimate of drug-likeness (QED) is 0.628. The monoisotopic (exact) mass is 287 g/mol. The predicted molar refractivity (Wildman–Crippen MR) is 80.1 cm³/mol. The second-order valence-electron chi connectivity index (χ2n) is 4.27. The summed E-state index contributed by atoms with van der Waals surface area (Å²) < 4.78 is 10.3. The first-order valence-corrected chi connectivity index (χ1v) is 7.57. The van der Waals surface area contributed by atoms with E-state index in [0.717, 1.165) is 43.4 Å². The van der Waals surface area contributed by atoms with Crippen molar-refractivity contribution in [2.75, 3.05) is 52.0 Å². The van der Waals surface area contributed by atoms with E-state index in [4.69, 9.17) is 9.47 Å². The maximum Gasteiger partial charge on any atom is 0.185 e. The zero-order chi connectivity index (χ0) is 13.9. The molecule has 1 N–H and O–H groups in total. The minimum atomic E-state index is 0.701. The first kappa shape index (κ1) is 16.4. The van der Waals surface area contributed by atoms with E-state index in [9.17, 15) is 0 Å². The number of hydrogen-bond donors (Lipinski definition) is 1. The van der Waals surface area contributed by atoms with Gasteiger partial charge in [0.2, 0.25) is 0 Å². The fourth-order valence-corrected chi connectivity index (χ4v) is 2.50. The van der Waals surface area contributed by atoms with Crippen molar-refractivity contribution in [1.82, 2.24) is 10.3 Å². The summed E-state index contributed by atoms with van der Waals surface area (Å²) in [7, 11) is 3.44. The van der Waals surface area contributed by atoms with Gasteiger partial charge in [0.25, 0.3) is 0 Å². The summed E-state index contributed by atoms with van der Waals surface area (Å²) in [6.07, 6.45) is 1.14. The van der Waals surface area contributed by atoms with Crippen molar-refractivity contribution in [2.45, 2.75) is 19.9 Å². The van der Waals surface area contributed by atoms with Gasteiger partial charge in [0.1, 0.15) is 0 Å². The molecular weight excluding hydrogens is 262 g/mol. The van der Waals surface area contributed by atoms with E-state index < -0.39 is 0 Å². The van der Waals surface area contributed by atoms with Crippen molar-refractivity contribution >= 4 is 16.5 Å². The lowest BCUT2D eigenvalue weighted by molar-refractivity contribution is 0.190. The first-order chi connectivity index (χ1) is 9.31. The first-order valence-electron chi connectivity index (χ1n) is 6.69. The molecule has 1 aromatic rings. The second kappa shape index (κ2) is 10.1. The Morgan fingerprint density at radius 2 is 1.95 bits per heavy atom. The van der Waals surface area contributed by atoms with E-state index in [1.165, 1.54) is 0 Å². The number of aromatic nitrogens is 1. The molecule has 19 heavy (non-hydrogen) atoms. The molecule has 0 aliphatic heterocycles. The van der Waals surface area contributed by atoms with Crippen molar-refractivity contribution in [2.24, 2.45) is 0 Å². The van der Waals surface area contributed by atoms with Crippen LogP contribution >= 0.6 is 11.3 Å². The van der Waals surface area contributed by atoms with E-state index in [1.807, 2.05) is 0 Å². The van der Waals surface area contributed by atoms with Crippen LogP contribution in [0.15, 0.2) is 5.38 Å². The second-order valence-corrected chi connectivity index (χ2v) is 5.11. The Bertz CT molecular complexity index is 325. The van der Waals surface area contributed by atoms with Crippen molar-refractivity contribution in [3.8, 4) is 0 Å². The lowest BCUT2D eigenvalue weighted by Crippen LogP contribution is -2.30. The van der Waals surface area contributed by atoms with Crippen LogP contribution in [0.5, 0.6) is 0 Å². The van der Waals surface area contributed by atoms with Crippen LogP contribution in [0.4, 0.5) is 5.13 Å². The molecule has 0 bridgehead atoms. The van der Waals surface area contributed by atoms with Gasteiger partial charge < -0.3 is 19.7 Å². The summed E-state index contributed by atoms with van der Waals surface area (Å²) in [5.41, 5.74) is 1.10. The topological polar surface area (TPSA) is 46.6 Å². The molecule has 0 aromatic carbocycles. The highest BCUT2D eigenvalue weighted by molar-refractivity contribution is 7.13. The van der Waals surface area contributed by atoms with Gasteiger partial charge in [-0.25, -0.2) is 4.98 Å². The molecule has 0 radical (unpaired) electrons. The third-order valence-electron chi connectivity index (χ3n) is 2.67. The summed E-state index contributed by atoms with van der Waals surface area (Å²) >= 11 is 1.68. The average Bonchev–Trinajstić information content (AvgIpc) is 2.88. The zero-order valence-electron chi connectivity index (χ0n) is 12.1. The summed E-state index contributed by atoms with van der Waals surface area (Å²) in [6.45, 7) is 7.12. The standard InChI is InChI=1S/C13H25N3O2S/c1-4-5-14-10-12-11-19-13(15-12)16(6-8-17-2)7-9-18-3/h11,14H,4-10H2,1-3H3. The van der Waals surface area contributed by atoms with Gasteiger partial charge in [0.05, 0.1) is 18.9 Å². The molecule has 1 heterocycles. The lowest BCUT2D eigenvalue weighted by Gasteiger charge is -2.20. The predicted octanol–water partition coefficient (Wildman–Crippen LogP) is 1.74. The van der Waals surface area contributed by atoms with E-state index >= 15 is 0 Å². The average molecular weight is 287 g/mol. The van der Waals surface area contributed by atoms with Crippen LogP contribution in [0, 0.1) is 0 Å². The highest BCUT2D eigenvalue weighted by atomic mass is 32.1. The van der Waals surface area contributed by atoms with Crippen molar-refractivity contribution < 1.29 is 9.47 Å². The van der Waals surface area contributed by atoms with Crippen LogP contribution in [0.1, 0.15) is 19.0 Å². The molecule has 0 fully saturated rings. The third kappa shape index (κ3) is 6.33. The third-order valence-corrected chi connectivity index (χ3v) is 3.62. The Kier molecular flexibility index (Phi) is 8.73. The summed E-state index contributed by atoms with van der Waals surface area (Å²) in [5, 5.41) is 6.53. The summed E-state index contributed by atoms with van der Waals surface area (Å²) in [4.78, 5) is 6.87. The largest absolute Gasteiger partial charge is 0.383 e. The van der Waals surface area contributed by atoms with Crippen molar-refractivity contribution in [1.29, 1.82) is 0 Å². The molecule has 0 amide bonds. The maximum absolute atomic E-state index is 5.14. The Balaban J connectivity index is 2.51. The molecule has 1 rings (SSSR count). The van der Waals surface area contributed by atoms with Gasteiger partial charge in [-0.15, -0.1) is 11.3 Å². The van der Waals surface area contributed by atoms with Crippen molar-refractivity contribution in [3.63, 3.8) is 0 Å². The van der Waals surface area contributed by atoms with Gasteiger partial charge in [0.15, 0.2) is 5.13 Å². The number of hydrogen-bond acceptors (Lipinski definition) is 6. The fourth-order valence-electron chi connectivity index (χ4n) is 1.62. The molecular formula is C13H25N3O2S. The highest BCUT2D eigenvalue weighted by Gasteiger charge is 2.10. The summed E-state index contributed by atoms with van der Waals surface area (Å²) in [6, 6.07) is 0. The van der Waals surface area contributed by atoms with Gasteiger partial charge in [-0.05, 0) is 13.0 Å². The van der Waals surface area contributed by atoms with Crippen LogP contribution in [-0.4, -0.2) is 52.1 Å². The van der Waals surface area contributed by atoms with E-state index in [1.54, 1.807) is 25.6 Å². The molecule has 0 saturated carbocycles. The molecule has 0 spiro atoms. The van der Waals surface area contributed by atoms with Gasteiger partial charge in [-0.3, -0.25) is 0 Å². The van der Waals surface area contributed by atoms with Gasteiger partial charge >= 0.3 is 0 Å². The van der Waals surface area contributed by atoms with Crippen LogP contribution < -0.4 is 10.2 Å². The molecule has 0 atom stereocenters. The number of nitrogens with one attached hydrogen (secondary N) is 1. The van der Waals surface area contributed by atoms with Gasteiger partial charge in [0, 0.05) is 39.2 Å². The Labute approximate surface area is 119 Å². The van der Waals surface area contributed by atoms with E-state index in [2.05, 4.69) is 27.5 Å². The van der Waals surface area contributed by atoms with Crippen molar-refractivity contribution in [3.05, 3.63) is 11.1 Å². The Morgan fingerprint density at radius 3 is 2.53 bits per heavy atom. The lowest BCUT2D eigenvalue weighted by atomic mass is 10.4. The Hall–Kier alpha value is -0.690. The van der Waals surface area contributed by atoms with Crippen LogP contribution in [0.2, 0.25) is 0 Å². The molecule has 0 saturated heterocycles. The van der Waals surface area contributed by atoms with E-state index in [-0.39, 0.29) is 0 Å². The van der Waals surface area contributed by atoms with Crippen LogP contribution in [0.25, 0.3) is 0 Å².